The van der Waals surface area contributed by atoms with Gasteiger partial charge in [0.1, 0.15) is 0 Å². The molecule has 1 aromatic rings. The van der Waals surface area contributed by atoms with Gasteiger partial charge in [-0.2, -0.15) is 0 Å². The lowest BCUT2D eigenvalue weighted by molar-refractivity contribution is 0.00552. The molecule has 0 amide bonds. The van der Waals surface area contributed by atoms with Crippen LogP contribution in [0.1, 0.15) is 43.5 Å². The van der Waals surface area contributed by atoms with E-state index < -0.39 is 0 Å². The summed E-state index contributed by atoms with van der Waals surface area (Å²) in [5.41, 5.74) is 2.81. The number of hydrogen-bond acceptors (Lipinski definition) is 2. The fourth-order valence-corrected chi connectivity index (χ4v) is 2.86. The second-order valence-corrected chi connectivity index (χ2v) is 4.99. The molecule has 0 bridgehead atoms. The van der Waals surface area contributed by atoms with Crippen molar-refractivity contribution in [1.82, 2.24) is 9.55 Å². The molecule has 0 spiro atoms. The van der Waals surface area contributed by atoms with Gasteiger partial charge >= 0.3 is 0 Å². The molecule has 1 fully saturated rings. The number of fused-ring (bicyclic) bond motifs is 1. The standard InChI is InChI=1S/C13H20N2O/c1-2-7-13-12(6-1)14-10-15(13)9-11-5-3-4-8-16-11/h10-11H,1-9H2. The molecule has 2 heterocycles. The van der Waals surface area contributed by atoms with Crippen molar-refractivity contribution in [3.05, 3.63) is 17.7 Å². The van der Waals surface area contributed by atoms with Crippen LogP contribution in [0.4, 0.5) is 0 Å². The molecule has 2 aliphatic rings. The highest BCUT2D eigenvalue weighted by atomic mass is 16.5. The summed E-state index contributed by atoms with van der Waals surface area (Å²) in [5.74, 6) is 0. The lowest BCUT2D eigenvalue weighted by atomic mass is 10.0. The van der Waals surface area contributed by atoms with Gasteiger partial charge in [-0.25, -0.2) is 4.98 Å². The predicted octanol–water partition coefficient (Wildman–Crippen LogP) is 2.33. The fraction of sp³-hybridized carbons (Fsp3) is 0.769. The van der Waals surface area contributed by atoms with Gasteiger partial charge in [0.15, 0.2) is 0 Å². The lowest BCUT2D eigenvalue weighted by Gasteiger charge is -2.24. The van der Waals surface area contributed by atoms with Crippen molar-refractivity contribution >= 4 is 0 Å². The number of nitrogens with zero attached hydrogens (tertiary/aromatic N) is 2. The Labute approximate surface area is 96.8 Å². The van der Waals surface area contributed by atoms with E-state index in [2.05, 4.69) is 9.55 Å². The highest BCUT2D eigenvalue weighted by Crippen LogP contribution is 2.22. The Hall–Kier alpha value is -0.830. The SMILES string of the molecule is c1nc2c(n1CC1CCCCO1)CCCC2. The van der Waals surface area contributed by atoms with Crippen LogP contribution in [-0.2, 0) is 24.1 Å². The minimum atomic E-state index is 0.425. The molecule has 3 heteroatoms. The maximum absolute atomic E-state index is 5.79. The molecule has 3 nitrogen and oxygen atoms in total. The van der Waals surface area contributed by atoms with E-state index >= 15 is 0 Å². The molecule has 1 aliphatic carbocycles. The molecule has 1 aliphatic heterocycles. The molecule has 0 aromatic carbocycles. The van der Waals surface area contributed by atoms with Gasteiger partial charge in [0, 0.05) is 12.3 Å². The second-order valence-electron chi connectivity index (χ2n) is 4.99. The summed E-state index contributed by atoms with van der Waals surface area (Å²) in [6.45, 7) is 1.96. The predicted molar refractivity (Wildman–Crippen MR) is 62.5 cm³/mol. The first-order chi connectivity index (χ1) is 7.93. The van der Waals surface area contributed by atoms with Crippen LogP contribution >= 0.6 is 0 Å². The topological polar surface area (TPSA) is 27.1 Å². The Morgan fingerprint density at radius 1 is 1.25 bits per heavy atom. The van der Waals surface area contributed by atoms with Crippen molar-refractivity contribution < 1.29 is 4.74 Å². The summed E-state index contributed by atoms with van der Waals surface area (Å²) in [7, 11) is 0. The third-order valence-corrected chi connectivity index (χ3v) is 3.78. The highest BCUT2D eigenvalue weighted by Gasteiger charge is 2.19. The molecule has 0 N–H and O–H groups in total. The van der Waals surface area contributed by atoms with E-state index in [1.807, 2.05) is 6.33 Å². The van der Waals surface area contributed by atoms with E-state index in [0.29, 0.717) is 6.10 Å². The first kappa shape index (κ1) is 10.3. The second kappa shape index (κ2) is 4.58. The molecule has 0 radical (unpaired) electrons. The van der Waals surface area contributed by atoms with E-state index in [4.69, 9.17) is 4.74 Å². The van der Waals surface area contributed by atoms with Crippen molar-refractivity contribution in [2.45, 2.75) is 57.6 Å². The van der Waals surface area contributed by atoms with Crippen LogP contribution in [0.5, 0.6) is 0 Å². The van der Waals surface area contributed by atoms with E-state index in [-0.39, 0.29) is 0 Å². The number of rotatable bonds is 2. The van der Waals surface area contributed by atoms with Gasteiger partial charge in [0.05, 0.1) is 24.7 Å². The third kappa shape index (κ3) is 2.01. The zero-order valence-electron chi connectivity index (χ0n) is 9.82. The number of aromatic nitrogens is 2. The normalized spacial score (nSPS) is 25.4. The Balaban J connectivity index is 1.71. The van der Waals surface area contributed by atoms with Crippen LogP contribution in [0.25, 0.3) is 0 Å². The molecule has 1 saturated heterocycles. The average molecular weight is 220 g/mol. The fourth-order valence-electron chi connectivity index (χ4n) is 2.86. The van der Waals surface area contributed by atoms with E-state index in [9.17, 15) is 0 Å². The first-order valence-electron chi connectivity index (χ1n) is 6.58. The smallest absolute Gasteiger partial charge is 0.0952 e. The Bertz CT molecular complexity index is 353. The molecular formula is C13H20N2O. The van der Waals surface area contributed by atoms with Crippen LogP contribution < -0.4 is 0 Å². The summed E-state index contributed by atoms with van der Waals surface area (Å²) < 4.78 is 8.13. The van der Waals surface area contributed by atoms with E-state index in [1.54, 1.807) is 0 Å². The van der Waals surface area contributed by atoms with Crippen LogP contribution in [0.15, 0.2) is 6.33 Å². The van der Waals surface area contributed by atoms with Gasteiger partial charge in [-0.1, -0.05) is 0 Å². The number of ether oxygens (including phenoxy) is 1. The number of imidazole rings is 1. The van der Waals surface area contributed by atoms with Crippen molar-refractivity contribution in [1.29, 1.82) is 0 Å². The van der Waals surface area contributed by atoms with Gasteiger partial charge in [0.25, 0.3) is 0 Å². The Morgan fingerprint density at radius 2 is 2.19 bits per heavy atom. The zero-order valence-corrected chi connectivity index (χ0v) is 9.82. The molecule has 16 heavy (non-hydrogen) atoms. The van der Waals surface area contributed by atoms with Crippen molar-refractivity contribution in [2.75, 3.05) is 6.61 Å². The lowest BCUT2D eigenvalue weighted by Crippen LogP contribution is -2.25. The maximum atomic E-state index is 5.79. The third-order valence-electron chi connectivity index (χ3n) is 3.78. The van der Waals surface area contributed by atoms with Crippen LogP contribution in [-0.4, -0.2) is 22.3 Å². The average Bonchev–Trinajstić information content (AvgIpc) is 2.74. The summed E-state index contributed by atoms with van der Waals surface area (Å²) >= 11 is 0. The monoisotopic (exact) mass is 220 g/mol. The van der Waals surface area contributed by atoms with Gasteiger partial charge in [-0.05, 0) is 44.9 Å². The largest absolute Gasteiger partial charge is 0.376 e. The van der Waals surface area contributed by atoms with Crippen molar-refractivity contribution in [3.8, 4) is 0 Å². The van der Waals surface area contributed by atoms with Crippen molar-refractivity contribution in [3.63, 3.8) is 0 Å². The highest BCUT2D eigenvalue weighted by molar-refractivity contribution is 5.16. The molecule has 0 saturated carbocycles. The quantitative estimate of drug-likeness (QED) is 0.765. The van der Waals surface area contributed by atoms with E-state index in [1.165, 1.54) is 56.3 Å². The minimum Gasteiger partial charge on any atom is -0.376 e. The maximum Gasteiger partial charge on any atom is 0.0952 e. The van der Waals surface area contributed by atoms with Crippen LogP contribution in [0, 0.1) is 0 Å². The summed E-state index contributed by atoms with van der Waals surface area (Å²) in [6, 6.07) is 0. The van der Waals surface area contributed by atoms with E-state index in [0.717, 1.165) is 13.2 Å². The molecule has 3 rings (SSSR count). The van der Waals surface area contributed by atoms with Gasteiger partial charge in [-0.15, -0.1) is 0 Å². The minimum absolute atomic E-state index is 0.425. The van der Waals surface area contributed by atoms with Gasteiger partial charge in [0.2, 0.25) is 0 Å². The summed E-state index contributed by atoms with van der Waals surface area (Å²) in [5, 5.41) is 0. The number of hydrogen-bond donors (Lipinski definition) is 0. The molecule has 1 unspecified atom stereocenters. The van der Waals surface area contributed by atoms with Crippen molar-refractivity contribution in [2.24, 2.45) is 0 Å². The zero-order chi connectivity index (χ0) is 10.8. The van der Waals surface area contributed by atoms with Crippen LogP contribution in [0.2, 0.25) is 0 Å². The molecule has 1 atom stereocenters. The molecular weight excluding hydrogens is 200 g/mol. The van der Waals surface area contributed by atoms with Crippen LogP contribution in [0.3, 0.4) is 0 Å². The Kier molecular flexibility index (Phi) is 2.96. The van der Waals surface area contributed by atoms with Gasteiger partial charge < -0.3 is 9.30 Å². The number of aryl methyl sites for hydroxylation is 1. The first-order valence-corrected chi connectivity index (χ1v) is 6.58. The molecule has 88 valence electrons. The Morgan fingerprint density at radius 3 is 3.06 bits per heavy atom. The summed E-state index contributed by atoms with van der Waals surface area (Å²) in [4.78, 5) is 4.53. The molecule has 1 aromatic heterocycles. The summed E-state index contributed by atoms with van der Waals surface area (Å²) in [6.07, 6.45) is 11.2. The van der Waals surface area contributed by atoms with Gasteiger partial charge in [-0.3, -0.25) is 0 Å².